The summed E-state index contributed by atoms with van der Waals surface area (Å²) in [5, 5.41) is 0. The molecule has 0 heterocycles. The lowest BCUT2D eigenvalue weighted by Gasteiger charge is -2.07. The molecule has 182 valence electrons. The van der Waals surface area contributed by atoms with Crippen LogP contribution in [0.4, 0.5) is 13.2 Å². The number of carbonyl (C=O) groups is 1. The first-order valence-electron chi connectivity index (χ1n) is 11.7. The molecule has 0 fully saturated rings. The van der Waals surface area contributed by atoms with Gasteiger partial charge in [0.25, 0.3) is 0 Å². The fraction of sp³-hybridized carbons (Fsp3) is 0.276. The molecule has 0 amide bonds. The van der Waals surface area contributed by atoms with Crippen LogP contribution in [0.5, 0.6) is 11.5 Å². The molecule has 0 aromatic heterocycles. The lowest BCUT2D eigenvalue weighted by molar-refractivity contribution is 0.0720. The normalized spacial score (nSPS) is 10.4. The molecule has 0 saturated heterocycles. The summed E-state index contributed by atoms with van der Waals surface area (Å²) in [6.45, 7) is 2.86. The zero-order valence-corrected chi connectivity index (χ0v) is 19.6. The first-order valence-corrected chi connectivity index (χ1v) is 11.7. The van der Waals surface area contributed by atoms with Gasteiger partial charge in [-0.2, -0.15) is 0 Å². The highest BCUT2D eigenvalue weighted by Crippen LogP contribution is 2.24. The standard InChI is InChI=1S/C29H27F3O3/c1-2-3-4-5-6-7-18-34-25-16-10-21(11-17-25)8-9-22-19-26(31)28(27(32)20-22)35-29(33)23-12-14-24(30)15-13-23/h10-17,19-20H,2-7,18H2,1H3. The molecule has 3 nitrogen and oxygen atoms in total. The van der Waals surface area contributed by atoms with Crippen molar-refractivity contribution in [1.82, 2.24) is 0 Å². The molecular weight excluding hydrogens is 453 g/mol. The number of hydrogen-bond donors (Lipinski definition) is 0. The minimum absolute atomic E-state index is 0.0338. The largest absolute Gasteiger partial charge is 0.494 e. The highest BCUT2D eigenvalue weighted by molar-refractivity contribution is 5.91. The second-order valence-corrected chi connectivity index (χ2v) is 8.06. The van der Waals surface area contributed by atoms with Crippen molar-refractivity contribution in [3.05, 3.63) is 94.8 Å². The molecule has 0 bridgehead atoms. The van der Waals surface area contributed by atoms with Crippen molar-refractivity contribution in [3.63, 3.8) is 0 Å². The Labute approximate surface area is 203 Å². The van der Waals surface area contributed by atoms with Gasteiger partial charge in [-0.1, -0.05) is 50.9 Å². The van der Waals surface area contributed by atoms with E-state index in [1.54, 1.807) is 24.3 Å². The van der Waals surface area contributed by atoms with Crippen molar-refractivity contribution >= 4 is 5.97 Å². The van der Waals surface area contributed by atoms with E-state index in [0.717, 1.165) is 55.0 Å². The third-order valence-corrected chi connectivity index (χ3v) is 5.25. The van der Waals surface area contributed by atoms with E-state index in [1.807, 2.05) is 0 Å². The molecule has 0 aliphatic rings. The smallest absolute Gasteiger partial charge is 0.343 e. The number of halogens is 3. The van der Waals surface area contributed by atoms with Crippen molar-refractivity contribution in [3.8, 4) is 23.3 Å². The lowest BCUT2D eigenvalue weighted by atomic mass is 10.1. The number of hydrogen-bond acceptors (Lipinski definition) is 3. The number of esters is 1. The quantitative estimate of drug-likeness (QED) is 0.131. The lowest BCUT2D eigenvalue weighted by Crippen LogP contribution is -2.11. The van der Waals surface area contributed by atoms with Gasteiger partial charge in [0, 0.05) is 11.1 Å². The van der Waals surface area contributed by atoms with Gasteiger partial charge >= 0.3 is 5.97 Å². The molecule has 0 aliphatic heterocycles. The second-order valence-electron chi connectivity index (χ2n) is 8.06. The predicted octanol–water partition coefficient (Wildman–Crippen LogP) is 7.46. The summed E-state index contributed by atoms with van der Waals surface area (Å²) < 4.78 is 52.3. The van der Waals surface area contributed by atoms with Crippen LogP contribution in [-0.4, -0.2) is 12.6 Å². The van der Waals surface area contributed by atoms with Gasteiger partial charge in [-0.25, -0.2) is 18.0 Å². The highest BCUT2D eigenvalue weighted by Gasteiger charge is 2.17. The van der Waals surface area contributed by atoms with E-state index >= 15 is 0 Å². The number of carbonyl (C=O) groups excluding carboxylic acids is 1. The zero-order chi connectivity index (χ0) is 25.0. The van der Waals surface area contributed by atoms with E-state index in [2.05, 4.69) is 18.8 Å². The van der Waals surface area contributed by atoms with Crippen LogP contribution in [0, 0.1) is 29.3 Å². The minimum Gasteiger partial charge on any atom is -0.494 e. The van der Waals surface area contributed by atoms with Crippen LogP contribution in [0.1, 0.15) is 66.9 Å². The second kappa shape index (κ2) is 13.2. The zero-order valence-electron chi connectivity index (χ0n) is 19.6. The molecule has 3 aromatic carbocycles. The molecule has 0 saturated carbocycles. The number of unbranched alkanes of at least 4 members (excludes halogenated alkanes) is 5. The molecule has 3 aromatic rings. The van der Waals surface area contributed by atoms with Crippen LogP contribution in [0.2, 0.25) is 0 Å². The number of rotatable bonds is 10. The third-order valence-electron chi connectivity index (χ3n) is 5.25. The Kier molecular flexibility index (Phi) is 9.80. The Morgan fingerprint density at radius 2 is 1.37 bits per heavy atom. The summed E-state index contributed by atoms with van der Waals surface area (Å²) in [5.74, 6) is 1.78. The van der Waals surface area contributed by atoms with Gasteiger partial charge in [0.1, 0.15) is 11.6 Å². The summed E-state index contributed by atoms with van der Waals surface area (Å²) in [4.78, 5) is 12.1. The first kappa shape index (κ1) is 25.9. The highest BCUT2D eigenvalue weighted by atomic mass is 19.1. The molecular formula is C29H27F3O3. The van der Waals surface area contributed by atoms with Crippen LogP contribution in [0.25, 0.3) is 0 Å². The van der Waals surface area contributed by atoms with Crippen LogP contribution >= 0.6 is 0 Å². The summed E-state index contributed by atoms with van der Waals surface area (Å²) in [6, 6.07) is 13.6. The van der Waals surface area contributed by atoms with Gasteiger partial charge in [-0.05, 0) is 67.1 Å². The van der Waals surface area contributed by atoms with Gasteiger partial charge in [0.15, 0.2) is 11.6 Å². The van der Waals surface area contributed by atoms with Gasteiger partial charge < -0.3 is 9.47 Å². The SMILES string of the molecule is CCCCCCCCOc1ccc(C#Cc2cc(F)c(OC(=O)c3ccc(F)cc3)c(F)c2)cc1. The summed E-state index contributed by atoms with van der Waals surface area (Å²) in [6.07, 6.45) is 7.16. The molecule has 3 rings (SSSR count). The van der Waals surface area contributed by atoms with E-state index in [0.29, 0.717) is 12.2 Å². The average Bonchev–Trinajstić information content (AvgIpc) is 2.85. The Hall–Kier alpha value is -3.72. The predicted molar refractivity (Wildman–Crippen MR) is 129 cm³/mol. The van der Waals surface area contributed by atoms with Crippen LogP contribution in [0.3, 0.4) is 0 Å². The first-order chi connectivity index (χ1) is 17.0. The Morgan fingerprint density at radius 1 is 0.771 bits per heavy atom. The summed E-state index contributed by atoms with van der Waals surface area (Å²) >= 11 is 0. The van der Waals surface area contributed by atoms with Gasteiger partial charge in [-0.15, -0.1) is 0 Å². The minimum atomic E-state index is -1.07. The summed E-state index contributed by atoms with van der Waals surface area (Å²) in [7, 11) is 0. The molecule has 0 aliphatic carbocycles. The molecule has 0 unspecified atom stereocenters. The monoisotopic (exact) mass is 480 g/mol. The van der Waals surface area contributed by atoms with E-state index in [4.69, 9.17) is 9.47 Å². The van der Waals surface area contributed by atoms with Crippen LogP contribution < -0.4 is 9.47 Å². The van der Waals surface area contributed by atoms with Crippen molar-refractivity contribution in [1.29, 1.82) is 0 Å². The van der Waals surface area contributed by atoms with Crippen molar-refractivity contribution in [2.45, 2.75) is 45.4 Å². The molecule has 35 heavy (non-hydrogen) atoms. The third kappa shape index (κ3) is 8.22. The van der Waals surface area contributed by atoms with Crippen molar-refractivity contribution in [2.24, 2.45) is 0 Å². The average molecular weight is 481 g/mol. The summed E-state index contributed by atoms with van der Waals surface area (Å²) in [5.41, 5.74) is 0.711. The molecule has 0 N–H and O–H groups in total. The topological polar surface area (TPSA) is 35.5 Å². The molecule has 6 heteroatoms. The fourth-order valence-electron chi connectivity index (χ4n) is 3.32. The van der Waals surface area contributed by atoms with E-state index in [1.165, 1.54) is 25.7 Å². The van der Waals surface area contributed by atoms with Crippen LogP contribution in [-0.2, 0) is 0 Å². The number of ether oxygens (including phenoxy) is 2. The van der Waals surface area contributed by atoms with Crippen molar-refractivity contribution in [2.75, 3.05) is 6.61 Å². The molecule has 0 radical (unpaired) electrons. The van der Waals surface area contributed by atoms with Crippen molar-refractivity contribution < 1.29 is 27.4 Å². The van der Waals surface area contributed by atoms with Gasteiger partial charge in [-0.3, -0.25) is 0 Å². The van der Waals surface area contributed by atoms with E-state index < -0.39 is 29.2 Å². The van der Waals surface area contributed by atoms with Gasteiger partial charge in [0.05, 0.1) is 12.2 Å². The maximum Gasteiger partial charge on any atom is 0.343 e. The van der Waals surface area contributed by atoms with Crippen LogP contribution in [0.15, 0.2) is 60.7 Å². The Bertz CT molecular complexity index is 1150. The van der Waals surface area contributed by atoms with E-state index in [-0.39, 0.29) is 11.1 Å². The fourth-order valence-corrected chi connectivity index (χ4v) is 3.32. The maximum atomic E-state index is 14.4. The Balaban J connectivity index is 1.56. The molecule has 0 atom stereocenters. The maximum absolute atomic E-state index is 14.4. The molecule has 0 spiro atoms. The van der Waals surface area contributed by atoms with Gasteiger partial charge in [0.2, 0.25) is 5.75 Å². The Morgan fingerprint density at radius 3 is 2.03 bits per heavy atom. The van der Waals surface area contributed by atoms with E-state index in [9.17, 15) is 18.0 Å². The number of benzene rings is 3.